The molecule has 0 aromatic heterocycles. The number of halogens is 6. The summed E-state index contributed by atoms with van der Waals surface area (Å²) >= 11 is 2.01. The van der Waals surface area contributed by atoms with Crippen molar-refractivity contribution in [3.05, 3.63) is 63.2 Å². The van der Waals surface area contributed by atoms with Gasteiger partial charge in [0, 0.05) is 0 Å². The molecule has 1 atom stereocenters. The Labute approximate surface area is 167 Å². The third-order valence-corrected chi connectivity index (χ3v) is 5.87. The Morgan fingerprint density at radius 2 is 1.50 bits per heavy atom. The molecular formula is C21H15F6Li. The van der Waals surface area contributed by atoms with E-state index in [0.717, 1.165) is 52.8 Å². The van der Waals surface area contributed by atoms with Crippen LogP contribution in [0, 0.1) is 0 Å². The second kappa shape index (κ2) is 6.43. The van der Waals surface area contributed by atoms with Crippen LogP contribution in [-0.4, -0.2) is 17.7 Å². The van der Waals surface area contributed by atoms with Gasteiger partial charge in [-0.3, -0.25) is 0 Å². The van der Waals surface area contributed by atoms with E-state index in [4.69, 9.17) is 0 Å². The summed E-state index contributed by atoms with van der Waals surface area (Å²) < 4.78 is 80.2. The van der Waals surface area contributed by atoms with Crippen LogP contribution in [0.15, 0.2) is 29.8 Å². The van der Waals surface area contributed by atoms with Crippen LogP contribution in [-0.2, 0) is 25.2 Å². The fourth-order valence-electron chi connectivity index (χ4n) is 4.32. The Morgan fingerprint density at radius 3 is 2.07 bits per heavy atom. The number of allylic oxidation sites excluding steroid dienone is 1. The number of aryl methyl sites for hydroxylation is 1. The SMILES string of the molecule is [Li][CH]1C(C)=Cc2c1cc1c(c2-c2cc(C(F)(F)F)cc(C(F)(F)F)c2)CCC1. The zero-order chi connectivity index (χ0) is 20.4. The maximum atomic E-state index is 13.3. The van der Waals surface area contributed by atoms with Crippen LogP contribution < -0.4 is 0 Å². The molecule has 4 rings (SSSR count). The number of alkyl halides is 6. The van der Waals surface area contributed by atoms with Crippen molar-refractivity contribution in [2.24, 2.45) is 0 Å². The first kappa shape index (κ1) is 19.7. The number of hydrogen-bond acceptors (Lipinski definition) is 0. The minimum atomic E-state index is -4.85. The molecule has 1 unspecified atom stereocenters. The van der Waals surface area contributed by atoms with Gasteiger partial charge in [-0.25, -0.2) is 0 Å². The number of hydrogen-bond donors (Lipinski definition) is 0. The Morgan fingerprint density at radius 1 is 0.893 bits per heavy atom. The minimum absolute atomic E-state index is 0.00435. The summed E-state index contributed by atoms with van der Waals surface area (Å²) in [6.45, 7) is 1.94. The van der Waals surface area contributed by atoms with E-state index in [2.05, 4.69) is 6.07 Å². The van der Waals surface area contributed by atoms with E-state index < -0.39 is 23.5 Å². The standard InChI is InChI=1S/C21H15F6.Li/c1-11-5-13-7-12-3-2-4-17(12)19(18(13)6-11)14-8-15(20(22,23)24)10-16(9-14)21(25,26)27;/h5-10H,2-4H2,1H3;. The van der Waals surface area contributed by atoms with Gasteiger partial charge >= 0.3 is 168 Å². The van der Waals surface area contributed by atoms with E-state index in [9.17, 15) is 26.3 Å². The average molecular weight is 388 g/mol. The topological polar surface area (TPSA) is 0 Å². The van der Waals surface area contributed by atoms with E-state index in [1.165, 1.54) is 0 Å². The molecule has 0 aliphatic heterocycles. The van der Waals surface area contributed by atoms with Gasteiger partial charge in [0.05, 0.1) is 0 Å². The van der Waals surface area contributed by atoms with Crippen molar-refractivity contribution in [1.29, 1.82) is 0 Å². The molecule has 0 saturated carbocycles. The first-order valence-corrected chi connectivity index (χ1v) is 9.13. The van der Waals surface area contributed by atoms with Crippen molar-refractivity contribution in [3.8, 4) is 11.1 Å². The predicted molar refractivity (Wildman–Crippen MR) is 96.1 cm³/mol. The van der Waals surface area contributed by atoms with Crippen LogP contribution in [0.4, 0.5) is 26.3 Å². The Balaban J connectivity index is 2.04. The van der Waals surface area contributed by atoms with Gasteiger partial charge in [0.1, 0.15) is 0 Å². The van der Waals surface area contributed by atoms with Gasteiger partial charge in [0.25, 0.3) is 0 Å². The van der Waals surface area contributed by atoms with Crippen molar-refractivity contribution in [2.75, 3.05) is 0 Å². The molecule has 2 aliphatic rings. The molecule has 0 heterocycles. The molecule has 0 bridgehead atoms. The molecule has 2 aromatic carbocycles. The number of rotatable bonds is 1. The maximum absolute atomic E-state index is 13.3. The molecule has 0 radical (unpaired) electrons. The summed E-state index contributed by atoms with van der Waals surface area (Å²) in [4.78, 5) is 0. The van der Waals surface area contributed by atoms with Crippen molar-refractivity contribution in [3.63, 3.8) is 0 Å². The summed E-state index contributed by atoms with van der Waals surface area (Å²) in [6, 6.07) is 3.99. The van der Waals surface area contributed by atoms with E-state index >= 15 is 0 Å². The monoisotopic (exact) mass is 388 g/mol. The summed E-state index contributed by atoms with van der Waals surface area (Å²) in [5.74, 6) is 0. The van der Waals surface area contributed by atoms with Gasteiger partial charge < -0.3 is 0 Å². The molecule has 142 valence electrons. The van der Waals surface area contributed by atoms with Crippen molar-refractivity contribution in [2.45, 2.75) is 43.1 Å². The van der Waals surface area contributed by atoms with E-state index in [0.29, 0.717) is 12.0 Å². The quantitative estimate of drug-likeness (QED) is 0.386. The summed E-state index contributed by atoms with van der Waals surface area (Å²) in [5.41, 5.74) is 2.71. The van der Waals surface area contributed by atoms with Crippen LogP contribution in [0.2, 0.25) is 0 Å². The van der Waals surface area contributed by atoms with Gasteiger partial charge in [-0.2, -0.15) is 0 Å². The summed E-state index contributed by atoms with van der Waals surface area (Å²) in [5, 5.41) is 0. The van der Waals surface area contributed by atoms with Crippen molar-refractivity contribution >= 4 is 23.8 Å². The van der Waals surface area contributed by atoms with Gasteiger partial charge in [-0.1, -0.05) is 0 Å². The van der Waals surface area contributed by atoms with Crippen LogP contribution in [0.5, 0.6) is 0 Å². The third kappa shape index (κ3) is 3.21. The second-order valence-corrected chi connectivity index (χ2v) is 7.65. The van der Waals surface area contributed by atoms with Crippen LogP contribution in [0.25, 0.3) is 17.2 Å². The predicted octanol–water partition coefficient (Wildman–Crippen LogP) is 6.51. The molecule has 0 amide bonds. The Kier molecular flexibility index (Phi) is 4.52. The van der Waals surface area contributed by atoms with Crippen LogP contribution in [0.3, 0.4) is 0 Å². The fraction of sp³-hybridized carbons (Fsp3) is 0.333. The van der Waals surface area contributed by atoms with Gasteiger partial charge in [-0.05, 0) is 0 Å². The molecule has 2 aromatic rings. The summed E-state index contributed by atoms with van der Waals surface area (Å²) in [7, 11) is 0. The van der Waals surface area contributed by atoms with Gasteiger partial charge in [0.15, 0.2) is 0 Å². The molecule has 0 saturated heterocycles. The second-order valence-electron chi connectivity index (χ2n) is 7.65. The molecule has 0 spiro atoms. The van der Waals surface area contributed by atoms with E-state index in [-0.39, 0.29) is 16.2 Å². The zero-order valence-corrected chi connectivity index (χ0v) is 15.4. The molecule has 7 heteroatoms. The molecule has 0 fully saturated rings. The normalized spacial score (nSPS) is 18.9. The van der Waals surface area contributed by atoms with Crippen molar-refractivity contribution in [1.82, 2.24) is 0 Å². The van der Waals surface area contributed by atoms with Crippen molar-refractivity contribution < 1.29 is 26.3 Å². The average Bonchev–Trinajstić information content (AvgIpc) is 3.16. The van der Waals surface area contributed by atoms with Crippen LogP contribution in [0.1, 0.15) is 51.3 Å². The molecule has 0 nitrogen and oxygen atoms in total. The fourth-order valence-corrected chi connectivity index (χ4v) is 4.32. The number of benzene rings is 2. The first-order valence-electron chi connectivity index (χ1n) is 9.13. The molecule has 28 heavy (non-hydrogen) atoms. The van der Waals surface area contributed by atoms with Crippen LogP contribution >= 0.6 is 0 Å². The Bertz CT molecular complexity index is 965. The van der Waals surface area contributed by atoms with Gasteiger partial charge in [-0.15, -0.1) is 0 Å². The third-order valence-electron chi connectivity index (χ3n) is 5.87. The summed E-state index contributed by atoms with van der Waals surface area (Å²) in [6.07, 6.45) is -5.48. The Hall–Kier alpha value is -1.64. The first-order chi connectivity index (χ1) is 13.0. The zero-order valence-electron chi connectivity index (χ0n) is 15.4. The number of fused-ring (bicyclic) bond motifs is 2. The molecular weight excluding hydrogens is 373 g/mol. The molecule has 0 N–H and O–H groups in total. The van der Waals surface area contributed by atoms with E-state index in [1.54, 1.807) is 0 Å². The van der Waals surface area contributed by atoms with Gasteiger partial charge in [0.2, 0.25) is 0 Å². The van der Waals surface area contributed by atoms with E-state index in [1.807, 2.05) is 30.7 Å². The molecule has 2 aliphatic carbocycles.